The molecule has 5 nitrogen and oxygen atoms in total. The molecule has 0 spiro atoms. The summed E-state index contributed by atoms with van der Waals surface area (Å²) < 4.78 is 5.28. The van der Waals surface area contributed by atoms with Gasteiger partial charge < -0.3 is 15.0 Å². The number of amides is 2. The molecule has 1 heterocycles. The molecule has 1 aromatic carbocycles. The van der Waals surface area contributed by atoms with E-state index in [1.807, 2.05) is 37.3 Å². The Kier molecular flexibility index (Phi) is 5.12. The predicted molar refractivity (Wildman–Crippen MR) is 76.5 cm³/mol. The Hall–Kier alpha value is -1.88. The number of carbonyl (C=O) groups excluding carboxylic acids is 2. The quantitative estimate of drug-likeness (QED) is 0.882. The topological polar surface area (TPSA) is 58.6 Å². The van der Waals surface area contributed by atoms with Crippen LogP contribution in [-0.4, -0.2) is 37.6 Å². The molecule has 20 heavy (non-hydrogen) atoms. The van der Waals surface area contributed by atoms with E-state index in [-0.39, 0.29) is 18.4 Å². The monoisotopic (exact) mass is 276 g/mol. The molecular formula is C15H20N2O3. The van der Waals surface area contributed by atoms with E-state index in [0.717, 1.165) is 18.5 Å². The Morgan fingerprint density at radius 2 is 2.10 bits per heavy atom. The van der Waals surface area contributed by atoms with Crippen molar-refractivity contribution >= 4 is 17.5 Å². The Labute approximate surface area is 118 Å². The highest BCUT2D eigenvalue weighted by Crippen LogP contribution is 2.13. The molecule has 1 atom stereocenters. The van der Waals surface area contributed by atoms with Gasteiger partial charge in [-0.25, -0.2) is 0 Å². The lowest BCUT2D eigenvalue weighted by Gasteiger charge is -2.21. The Bertz CT molecular complexity index is 455. The largest absolute Gasteiger partial charge is 0.368 e. The summed E-state index contributed by atoms with van der Waals surface area (Å²) in [6, 6.07) is 9.43. The molecule has 1 saturated heterocycles. The van der Waals surface area contributed by atoms with Gasteiger partial charge in [0.2, 0.25) is 11.8 Å². The molecule has 1 aliphatic heterocycles. The lowest BCUT2D eigenvalue weighted by Crippen LogP contribution is -2.43. The molecule has 1 unspecified atom stereocenters. The third-order valence-electron chi connectivity index (χ3n) is 3.32. The maximum absolute atomic E-state index is 12.2. The number of para-hydroxylation sites is 1. The number of ether oxygens (including phenoxy) is 1. The minimum atomic E-state index is -0.394. The minimum absolute atomic E-state index is 0.00142. The summed E-state index contributed by atoms with van der Waals surface area (Å²) in [5, 5.41) is 2.65. The number of likely N-dealkylation sites (N-methyl/N-ethyl adjacent to an activating group) is 1. The number of nitrogens with one attached hydrogen (secondary N) is 1. The maximum atomic E-state index is 12.2. The van der Waals surface area contributed by atoms with Crippen molar-refractivity contribution in [3.05, 3.63) is 30.3 Å². The minimum Gasteiger partial charge on any atom is -0.368 e. The zero-order valence-electron chi connectivity index (χ0n) is 11.7. The van der Waals surface area contributed by atoms with Gasteiger partial charge in [0.05, 0.1) is 6.54 Å². The van der Waals surface area contributed by atoms with Crippen molar-refractivity contribution in [2.75, 3.05) is 24.6 Å². The molecule has 2 rings (SSSR count). The number of carbonyl (C=O) groups is 2. The summed E-state index contributed by atoms with van der Waals surface area (Å²) in [7, 11) is 0. The van der Waals surface area contributed by atoms with Crippen LogP contribution in [-0.2, 0) is 14.3 Å². The van der Waals surface area contributed by atoms with Gasteiger partial charge in [-0.15, -0.1) is 0 Å². The van der Waals surface area contributed by atoms with Gasteiger partial charge in [-0.05, 0) is 31.9 Å². The zero-order chi connectivity index (χ0) is 14.4. The molecule has 0 bridgehead atoms. The van der Waals surface area contributed by atoms with Crippen molar-refractivity contribution in [2.45, 2.75) is 25.9 Å². The van der Waals surface area contributed by atoms with Gasteiger partial charge >= 0.3 is 0 Å². The van der Waals surface area contributed by atoms with Crippen LogP contribution in [0.15, 0.2) is 30.3 Å². The fourth-order valence-corrected chi connectivity index (χ4v) is 2.27. The predicted octanol–water partition coefficient (Wildman–Crippen LogP) is 1.33. The average molecular weight is 276 g/mol. The van der Waals surface area contributed by atoms with Crippen LogP contribution in [0.25, 0.3) is 0 Å². The van der Waals surface area contributed by atoms with Gasteiger partial charge in [-0.2, -0.15) is 0 Å². The number of benzene rings is 1. The van der Waals surface area contributed by atoms with Gasteiger partial charge in [0.1, 0.15) is 6.10 Å². The number of nitrogens with zero attached hydrogens (tertiary/aromatic N) is 1. The molecule has 108 valence electrons. The van der Waals surface area contributed by atoms with E-state index in [9.17, 15) is 9.59 Å². The van der Waals surface area contributed by atoms with E-state index in [1.165, 1.54) is 0 Å². The SMILES string of the molecule is CCN(C(=O)CNC(=O)C1CCCO1)c1ccccc1. The van der Waals surface area contributed by atoms with Gasteiger partial charge in [0, 0.05) is 18.8 Å². The maximum Gasteiger partial charge on any atom is 0.249 e. The first-order chi connectivity index (χ1) is 9.72. The molecule has 1 aromatic rings. The fraction of sp³-hybridized carbons (Fsp3) is 0.467. The first-order valence-electron chi connectivity index (χ1n) is 6.97. The molecule has 0 aromatic heterocycles. The van der Waals surface area contributed by atoms with Crippen molar-refractivity contribution in [3.63, 3.8) is 0 Å². The summed E-state index contributed by atoms with van der Waals surface area (Å²) >= 11 is 0. The second kappa shape index (κ2) is 7.05. The summed E-state index contributed by atoms with van der Waals surface area (Å²) in [6.45, 7) is 3.10. The highest BCUT2D eigenvalue weighted by molar-refractivity contribution is 5.97. The zero-order valence-corrected chi connectivity index (χ0v) is 11.7. The van der Waals surface area contributed by atoms with Crippen molar-refractivity contribution in [1.29, 1.82) is 0 Å². The first-order valence-corrected chi connectivity index (χ1v) is 6.97. The normalized spacial score (nSPS) is 17.8. The van der Waals surface area contributed by atoms with Crippen LogP contribution in [0.1, 0.15) is 19.8 Å². The molecule has 5 heteroatoms. The third kappa shape index (κ3) is 3.57. The standard InChI is InChI=1S/C15H20N2O3/c1-2-17(12-7-4-3-5-8-12)14(18)11-16-15(19)13-9-6-10-20-13/h3-5,7-8,13H,2,6,9-11H2,1H3,(H,16,19). The number of hydrogen-bond donors (Lipinski definition) is 1. The molecule has 0 saturated carbocycles. The highest BCUT2D eigenvalue weighted by Gasteiger charge is 2.24. The van der Waals surface area contributed by atoms with Gasteiger partial charge in [-0.3, -0.25) is 9.59 Å². The van der Waals surface area contributed by atoms with Crippen LogP contribution in [0, 0.1) is 0 Å². The smallest absolute Gasteiger partial charge is 0.249 e. The van der Waals surface area contributed by atoms with Gasteiger partial charge in [0.25, 0.3) is 0 Å². The molecular weight excluding hydrogens is 256 g/mol. The van der Waals surface area contributed by atoms with Gasteiger partial charge in [-0.1, -0.05) is 18.2 Å². The number of anilines is 1. The molecule has 0 radical (unpaired) electrons. The van der Waals surface area contributed by atoms with E-state index in [4.69, 9.17) is 4.74 Å². The summed E-state index contributed by atoms with van der Waals surface area (Å²) in [5.41, 5.74) is 0.839. The van der Waals surface area contributed by atoms with E-state index in [2.05, 4.69) is 5.32 Å². The van der Waals surface area contributed by atoms with Crippen LogP contribution in [0.4, 0.5) is 5.69 Å². The Morgan fingerprint density at radius 1 is 1.35 bits per heavy atom. The van der Waals surface area contributed by atoms with Crippen LogP contribution in [0.2, 0.25) is 0 Å². The summed E-state index contributed by atoms with van der Waals surface area (Å²) in [6.07, 6.45) is 1.24. The molecule has 1 N–H and O–H groups in total. The van der Waals surface area contributed by atoms with E-state index >= 15 is 0 Å². The fourth-order valence-electron chi connectivity index (χ4n) is 2.27. The van der Waals surface area contributed by atoms with Crippen LogP contribution >= 0.6 is 0 Å². The van der Waals surface area contributed by atoms with E-state index < -0.39 is 6.10 Å². The van der Waals surface area contributed by atoms with E-state index in [0.29, 0.717) is 13.2 Å². The molecule has 1 fully saturated rings. The number of rotatable bonds is 5. The van der Waals surface area contributed by atoms with Crippen molar-refractivity contribution in [1.82, 2.24) is 5.32 Å². The lowest BCUT2D eigenvalue weighted by molar-refractivity contribution is -0.131. The Morgan fingerprint density at radius 3 is 2.70 bits per heavy atom. The summed E-state index contributed by atoms with van der Waals surface area (Å²) in [4.78, 5) is 25.6. The van der Waals surface area contributed by atoms with E-state index in [1.54, 1.807) is 4.90 Å². The van der Waals surface area contributed by atoms with Crippen LogP contribution < -0.4 is 10.2 Å². The Balaban J connectivity index is 1.88. The first kappa shape index (κ1) is 14.5. The van der Waals surface area contributed by atoms with Crippen LogP contribution in [0.5, 0.6) is 0 Å². The highest BCUT2D eigenvalue weighted by atomic mass is 16.5. The number of hydrogen-bond acceptors (Lipinski definition) is 3. The molecule has 1 aliphatic rings. The summed E-state index contributed by atoms with van der Waals surface area (Å²) in [5.74, 6) is -0.315. The van der Waals surface area contributed by atoms with Crippen molar-refractivity contribution < 1.29 is 14.3 Å². The lowest BCUT2D eigenvalue weighted by atomic mass is 10.2. The molecule has 0 aliphatic carbocycles. The average Bonchev–Trinajstić information content (AvgIpc) is 3.01. The molecule has 2 amide bonds. The van der Waals surface area contributed by atoms with Gasteiger partial charge in [0.15, 0.2) is 0 Å². The van der Waals surface area contributed by atoms with Crippen LogP contribution in [0.3, 0.4) is 0 Å². The second-order valence-electron chi connectivity index (χ2n) is 4.69. The second-order valence-corrected chi connectivity index (χ2v) is 4.69. The third-order valence-corrected chi connectivity index (χ3v) is 3.32. The van der Waals surface area contributed by atoms with Crippen molar-refractivity contribution in [3.8, 4) is 0 Å². The van der Waals surface area contributed by atoms with Crippen molar-refractivity contribution in [2.24, 2.45) is 0 Å².